The number of aryl methyl sites for hydroxylation is 2. The summed E-state index contributed by atoms with van der Waals surface area (Å²) in [6.45, 7) is 6.10. The molecule has 0 saturated heterocycles. The van der Waals surface area contributed by atoms with Crippen LogP contribution in [0, 0.1) is 13.8 Å². The molecule has 1 aliphatic carbocycles. The largest absolute Gasteiger partial charge is 0.353 e. The molecule has 1 heterocycles. The van der Waals surface area contributed by atoms with Crippen molar-refractivity contribution in [2.24, 2.45) is 0 Å². The minimum absolute atomic E-state index is 0.147. The Hall–Kier alpha value is -2.10. The molecule has 0 bridgehead atoms. The first-order valence-corrected chi connectivity index (χ1v) is 8.40. The minimum Gasteiger partial charge on any atom is -0.353 e. The Morgan fingerprint density at radius 1 is 1.30 bits per heavy atom. The monoisotopic (exact) mass is 311 g/mol. The molecule has 1 fully saturated rings. The average molecular weight is 311 g/mol. The van der Waals surface area contributed by atoms with Crippen molar-refractivity contribution in [3.05, 3.63) is 52.8 Å². The molecule has 1 saturated carbocycles. The third kappa shape index (κ3) is 3.46. The number of benzene rings is 1. The van der Waals surface area contributed by atoms with E-state index in [0.29, 0.717) is 18.4 Å². The molecular weight excluding hydrogens is 286 g/mol. The summed E-state index contributed by atoms with van der Waals surface area (Å²) in [7, 11) is 0. The Balaban J connectivity index is 1.48. The Kier molecular flexibility index (Phi) is 4.51. The zero-order chi connectivity index (χ0) is 16.4. The number of nitrogens with one attached hydrogen (secondary N) is 2. The van der Waals surface area contributed by atoms with E-state index in [4.69, 9.17) is 0 Å². The van der Waals surface area contributed by atoms with E-state index in [1.807, 2.05) is 19.9 Å². The van der Waals surface area contributed by atoms with Crippen LogP contribution < -0.4 is 5.32 Å². The summed E-state index contributed by atoms with van der Waals surface area (Å²) in [5.41, 5.74) is 4.62. The van der Waals surface area contributed by atoms with Gasteiger partial charge in [0.1, 0.15) is 0 Å². The first kappa shape index (κ1) is 15.8. The van der Waals surface area contributed by atoms with Gasteiger partial charge in [0.2, 0.25) is 5.91 Å². The predicted molar refractivity (Wildman–Crippen MR) is 91.4 cm³/mol. The normalized spacial score (nSPS) is 21.5. The summed E-state index contributed by atoms with van der Waals surface area (Å²) in [6, 6.07) is 10.9. The van der Waals surface area contributed by atoms with Gasteiger partial charge < -0.3 is 5.32 Å². The zero-order valence-electron chi connectivity index (χ0n) is 14.1. The highest BCUT2D eigenvalue weighted by atomic mass is 16.1. The van der Waals surface area contributed by atoms with Gasteiger partial charge in [-0.25, -0.2) is 0 Å². The van der Waals surface area contributed by atoms with Crippen molar-refractivity contribution < 1.29 is 4.79 Å². The number of nitrogens with zero attached hydrogens (tertiary/aromatic N) is 1. The first-order valence-electron chi connectivity index (χ1n) is 8.40. The van der Waals surface area contributed by atoms with E-state index in [0.717, 1.165) is 24.2 Å². The third-order valence-corrected chi connectivity index (χ3v) is 4.94. The molecule has 4 nitrogen and oxygen atoms in total. The van der Waals surface area contributed by atoms with E-state index in [1.54, 1.807) is 0 Å². The lowest BCUT2D eigenvalue weighted by molar-refractivity contribution is -0.122. The van der Waals surface area contributed by atoms with Crippen LogP contribution >= 0.6 is 0 Å². The van der Waals surface area contributed by atoms with Gasteiger partial charge in [-0.3, -0.25) is 9.89 Å². The van der Waals surface area contributed by atoms with E-state index in [1.165, 1.54) is 11.1 Å². The van der Waals surface area contributed by atoms with Crippen LogP contribution in [-0.4, -0.2) is 22.1 Å². The highest BCUT2D eigenvalue weighted by Crippen LogP contribution is 2.36. The SMILES string of the molecule is Cc1n[nH]c(C)c1[C@@H](C)CC(=O)NC1CC(c2ccccc2)C1. The summed E-state index contributed by atoms with van der Waals surface area (Å²) < 4.78 is 0. The summed E-state index contributed by atoms with van der Waals surface area (Å²) in [5.74, 6) is 0.935. The van der Waals surface area contributed by atoms with Gasteiger partial charge in [-0.05, 0) is 49.7 Å². The van der Waals surface area contributed by atoms with Gasteiger partial charge in [-0.2, -0.15) is 5.10 Å². The number of rotatable bonds is 5. The number of H-pyrrole nitrogens is 1. The quantitative estimate of drug-likeness (QED) is 0.886. The molecule has 1 aromatic carbocycles. The second-order valence-electron chi connectivity index (χ2n) is 6.80. The molecule has 0 spiro atoms. The van der Waals surface area contributed by atoms with Gasteiger partial charge in [-0.15, -0.1) is 0 Å². The van der Waals surface area contributed by atoms with Crippen LogP contribution in [0.3, 0.4) is 0 Å². The number of carbonyl (C=O) groups is 1. The molecule has 2 aromatic rings. The van der Waals surface area contributed by atoms with Gasteiger partial charge in [0.15, 0.2) is 0 Å². The summed E-state index contributed by atoms with van der Waals surface area (Å²) in [4.78, 5) is 12.3. The second-order valence-corrected chi connectivity index (χ2v) is 6.80. The molecular formula is C19H25N3O. The number of hydrogen-bond acceptors (Lipinski definition) is 2. The van der Waals surface area contributed by atoms with Crippen molar-refractivity contribution in [3.63, 3.8) is 0 Å². The molecule has 1 atom stereocenters. The second kappa shape index (κ2) is 6.57. The third-order valence-electron chi connectivity index (χ3n) is 4.94. The molecule has 1 aromatic heterocycles. The highest BCUT2D eigenvalue weighted by Gasteiger charge is 2.31. The van der Waals surface area contributed by atoms with Crippen molar-refractivity contribution in [1.82, 2.24) is 15.5 Å². The Bertz CT molecular complexity index is 652. The van der Waals surface area contributed by atoms with Gasteiger partial charge >= 0.3 is 0 Å². The van der Waals surface area contributed by atoms with Crippen molar-refractivity contribution in [2.45, 2.75) is 57.9 Å². The molecule has 0 radical (unpaired) electrons. The molecule has 1 amide bonds. The Morgan fingerprint density at radius 2 is 2.00 bits per heavy atom. The van der Waals surface area contributed by atoms with E-state index < -0.39 is 0 Å². The smallest absolute Gasteiger partial charge is 0.220 e. The standard InChI is InChI=1S/C19H25N3O/c1-12(19-13(2)21-22-14(19)3)9-18(23)20-17-10-16(11-17)15-7-5-4-6-8-15/h4-8,12,16-17H,9-11H2,1-3H3,(H,20,23)(H,21,22)/t12-,16?,17?/m0/s1. The summed E-state index contributed by atoms with van der Waals surface area (Å²) in [6.07, 6.45) is 2.62. The van der Waals surface area contributed by atoms with E-state index in [-0.39, 0.29) is 11.8 Å². The van der Waals surface area contributed by atoms with E-state index in [2.05, 4.69) is 46.7 Å². The van der Waals surface area contributed by atoms with Crippen LogP contribution in [0.25, 0.3) is 0 Å². The van der Waals surface area contributed by atoms with Gasteiger partial charge in [0.25, 0.3) is 0 Å². The maximum atomic E-state index is 12.3. The fourth-order valence-electron chi connectivity index (χ4n) is 3.69. The molecule has 0 aliphatic heterocycles. The van der Waals surface area contributed by atoms with Crippen molar-refractivity contribution in [1.29, 1.82) is 0 Å². The lowest BCUT2D eigenvalue weighted by atomic mass is 9.76. The number of carbonyl (C=O) groups excluding carboxylic acids is 1. The first-order chi connectivity index (χ1) is 11.0. The van der Waals surface area contributed by atoms with Gasteiger partial charge in [0.05, 0.1) is 5.69 Å². The molecule has 23 heavy (non-hydrogen) atoms. The molecule has 1 aliphatic rings. The van der Waals surface area contributed by atoms with Crippen LogP contribution in [0.2, 0.25) is 0 Å². The van der Waals surface area contributed by atoms with Gasteiger partial charge in [0, 0.05) is 18.2 Å². The van der Waals surface area contributed by atoms with Crippen molar-refractivity contribution in [3.8, 4) is 0 Å². The molecule has 4 heteroatoms. The van der Waals surface area contributed by atoms with Crippen LogP contribution in [0.15, 0.2) is 30.3 Å². The van der Waals surface area contributed by atoms with E-state index in [9.17, 15) is 4.79 Å². The van der Waals surface area contributed by atoms with Gasteiger partial charge in [-0.1, -0.05) is 37.3 Å². The maximum absolute atomic E-state index is 12.3. The maximum Gasteiger partial charge on any atom is 0.220 e. The fraction of sp³-hybridized carbons (Fsp3) is 0.474. The highest BCUT2D eigenvalue weighted by molar-refractivity contribution is 5.77. The Morgan fingerprint density at radius 3 is 2.61 bits per heavy atom. The minimum atomic E-state index is 0.147. The molecule has 122 valence electrons. The number of hydrogen-bond donors (Lipinski definition) is 2. The number of aromatic amines is 1. The molecule has 0 unspecified atom stereocenters. The summed E-state index contributed by atoms with van der Waals surface area (Å²) >= 11 is 0. The van der Waals surface area contributed by atoms with Crippen LogP contribution in [0.5, 0.6) is 0 Å². The van der Waals surface area contributed by atoms with Crippen LogP contribution in [0.1, 0.15) is 60.5 Å². The number of aromatic nitrogens is 2. The average Bonchev–Trinajstić information content (AvgIpc) is 2.82. The van der Waals surface area contributed by atoms with Crippen LogP contribution in [0.4, 0.5) is 0 Å². The molecule has 3 rings (SSSR count). The van der Waals surface area contributed by atoms with E-state index >= 15 is 0 Å². The van der Waals surface area contributed by atoms with Crippen molar-refractivity contribution >= 4 is 5.91 Å². The van der Waals surface area contributed by atoms with Crippen molar-refractivity contribution in [2.75, 3.05) is 0 Å². The number of amides is 1. The lowest BCUT2D eigenvalue weighted by Gasteiger charge is -2.36. The van der Waals surface area contributed by atoms with Crippen LogP contribution in [-0.2, 0) is 4.79 Å². The zero-order valence-corrected chi connectivity index (χ0v) is 14.1. The Labute approximate surface area is 137 Å². The molecule has 2 N–H and O–H groups in total. The predicted octanol–water partition coefficient (Wildman–Crippen LogP) is 3.58. The summed E-state index contributed by atoms with van der Waals surface area (Å²) in [5, 5.41) is 10.4. The fourth-order valence-corrected chi connectivity index (χ4v) is 3.69. The lowest BCUT2D eigenvalue weighted by Crippen LogP contribution is -2.43. The topological polar surface area (TPSA) is 57.8 Å².